The van der Waals surface area contributed by atoms with E-state index in [2.05, 4.69) is 4.72 Å². The number of hydrogen-bond acceptors (Lipinski definition) is 7. The third-order valence-electron chi connectivity index (χ3n) is 4.60. The number of thioether (sulfide) groups is 1. The molecular weight excluding hydrogens is 434 g/mol. The maximum atomic E-state index is 12.7. The van der Waals surface area contributed by atoms with Crippen LogP contribution in [0, 0.1) is 10.1 Å². The van der Waals surface area contributed by atoms with E-state index >= 15 is 0 Å². The van der Waals surface area contributed by atoms with Crippen molar-refractivity contribution in [3.05, 3.63) is 51.9 Å². The number of benzene rings is 1. The summed E-state index contributed by atoms with van der Waals surface area (Å²) in [6, 6.07) is 9.20. The summed E-state index contributed by atoms with van der Waals surface area (Å²) in [4.78, 5) is 25.5. The summed E-state index contributed by atoms with van der Waals surface area (Å²) in [6.45, 7) is 2.78. The Bertz CT molecular complexity index is 953. The number of hydrogen-bond donors (Lipinski definition) is 1. The minimum absolute atomic E-state index is 0.0143. The summed E-state index contributed by atoms with van der Waals surface area (Å²) in [5.74, 6) is -0.0204. The number of piperidine rings is 1. The highest BCUT2D eigenvalue weighted by molar-refractivity contribution is 8.00. The zero-order valence-corrected chi connectivity index (χ0v) is 18.1. The van der Waals surface area contributed by atoms with Gasteiger partial charge in [-0.3, -0.25) is 14.9 Å². The number of nitro benzene ring substituents is 1. The van der Waals surface area contributed by atoms with Crippen LogP contribution in [0.1, 0.15) is 19.8 Å². The highest BCUT2D eigenvalue weighted by Gasteiger charge is 2.29. The first kappa shape index (κ1) is 21.8. The lowest BCUT2D eigenvalue weighted by Gasteiger charge is -2.33. The molecule has 1 saturated heterocycles. The highest BCUT2D eigenvalue weighted by atomic mass is 32.2. The van der Waals surface area contributed by atoms with Gasteiger partial charge in [0.15, 0.2) is 0 Å². The van der Waals surface area contributed by atoms with Crippen molar-refractivity contribution in [3.8, 4) is 0 Å². The number of carbonyl (C=O) groups is 1. The van der Waals surface area contributed by atoms with E-state index in [0.29, 0.717) is 30.1 Å². The molecule has 1 aliphatic heterocycles. The molecule has 1 amide bonds. The molecular formula is C18H21N3O5S3. The fourth-order valence-electron chi connectivity index (χ4n) is 3.07. The highest BCUT2D eigenvalue weighted by Crippen LogP contribution is 2.27. The number of likely N-dealkylation sites (tertiary alicyclic amines) is 1. The molecule has 1 aromatic carbocycles. The maximum absolute atomic E-state index is 12.7. The smallest absolute Gasteiger partial charge is 0.269 e. The molecule has 2 heterocycles. The third kappa shape index (κ3) is 5.56. The van der Waals surface area contributed by atoms with Gasteiger partial charge in [-0.2, -0.15) is 0 Å². The molecule has 29 heavy (non-hydrogen) atoms. The number of nitro groups is 1. The van der Waals surface area contributed by atoms with Gasteiger partial charge >= 0.3 is 0 Å². The largest absolute Gasteiger partial charge is 0.342 e. The minimum atomic E-state index is -3.51. The maximum Gasteiger partial charge on any atom is 0.269 e. The molecule has 1 fully saturated rings. The molecule has 1 aromatic heterocycles. The Kier molecular flexibility index (Phi) is 6.93. The van der Waals surface area contributed by atoms with Gasteiger partial charge in [-0.25, -0.2) is 13.1 Å². The Morgan fingerprint density at radius 3 is 2.48 bits per heavy atom. The van der Waals surface area contributed by atoms with Gasteiger partial charge in [-0.1, -0.05) is 6.07 Å². The third-order valence-corrected chi connectivity index (χ3v) is 8.61. The van der Waals surface area contributed by atoms with E-state index in [1.807, 2.05) is 0 Å². The van der Waals surface area contributed by atoms with Crippen LogP contribution in [0.25, 0.3) is 0 Å². The van der Waals surface area contributed by atoms with Crippen molar-refractivity contribution in [1.29, 1.82) is 0 Å². The van der Waals surface area contributed by atoms with Crippen molar-refractivity contribution in [2.24, 2.45) is 0 Å². The van der Waals surface area contributed by atoms with Gasteiger partial charge in [0.2, 0.25) is 15.9 Å². The first-order chi connectivity index (χ1) is 13.8. The van der Waals surface area contributed by atoms with E-state index in [1.165, 1.54) is 35.2 Å². The van der Waals surface area contributed by atoms with Crippen molar-refractivity contribution in [2.75, 3.05) is 13.1 Å². The van der Waals surface area contributed by atoms with Crippen LogP contribution in [0.3, 0.4) is 0 Å². The van der Waals surface area contributed by atoms with Gasteiger partial charge < -0.3 is 4.90 Å². The Balaban J connectivity index is 1.51. The Labute approximate surface area is 177 Å². The minimum Gasteiger partial charge on any atom is -0.342 e. The standard InChI is InChI=1S/C18H21N3O5S3/c1-13(28-16-6-4-15(5-7-16)21(23)24)18(22)20-10-8-14(9-11-20)19-29(25,26)17-3-2-12-27-17/h2-7,12-14,19H,8-11H2,1H3. The molecule has 0 bridgehead atoms. The lowest BCUT2D eigenvalue weighted by atomic mass is 10.1. The number of carbonyl (C=O) groups excluding carboxylic acids is 1. The average molecular weight is 456 g/mol. The zero-order valence-electron chi connectivity index (χ0n) is 15.7. The number of amides is 1. The predicted molar refractivity (Wildman–Crippen MR) is 113 cm³/mol. The molecule has 8 nitrogen and oxygen atoms in total. The molecule has 1 N–H and O–H groups in total. The summed E-state index contributed by atoms with van der Waals surface area (Å²) in [6.07, 6.45) is 1.12. The monoisotopic (exact) mass is 455 g/mol. The van der Waals surface area contributed by atoms with Crippen LogP contribution in [0.4, 0.5) is 5.69 Å². The number of rotatable bonds is 7. The van der Waals surface area contributed by atoms with Crippen molar-refractivity contribution < 1.29 is 18.1 Å². The molecule has 0 radical (unpaired) electrons. The molecule has 1 unspecified atom stereocenters. The van der Waals surface area contributed by atoms with E-state index in [-0.39, 0.29) is 22.9 Å². The van der Waals surface area contributed by atoms with Crippen molar-refractivity contribution in [3.63, 3.8) is 0 Å². The predicted octanol–water partition coefficient (Wildman–Crippen LogP) is 3.11. The van der Waals surface area contributed by atoms with Gasteiger partial charge in [0, 0.05) is 36.2 Å². The quantitative estimate of drug-likeness (QED) is 0.390. The summed E-state index contributed by atoms with van der Waals surface area (Å²) in [7, 11) is -3.51. The van der Waals surface area contributed by atoms with Gasteiger partial charge in [0.1, 0.15) is 4.21 Å². The number of non-ortho nitro benzene ring substituents is 1. The second kappa shape index (κ2) is 9.24. The molecule has 1 aliphatic rings. The van der Waals surface area contributed by atoms with Crippen molar-refractivity contribution in [1.82, 2.24) is 9.62 Å². The molecule has 0 aliphatic carbocycles. The topological polar surface area (TPSA) is 110 Å². The van der Waals surface area contributed by atoms with E-state index in [0.717, 1.165) is 4.90 Å². The molecule has 3 rings (SSSR count). The normalized spacial score (nSPS) is 16.5. The van der Waals surface area contributed by atoms with E-state index < -0.39 is 14.9 Å². The fourth-order valence-corrected chi connectivity index (χ4v) is 6.34. The first-order valence-electron chi connectivity index (χ1n) is 9.02. The van der Waals surface area contributed by atoms with Gasteiger partial charge in [0.25, 0.3) is 5.69 Å². The Hall–Kier alpha value is -1.95. The lowest BCUT2D eigenvalue weighted by Crippen LogP contribution is -2.48. The average Bonchev–Trinajstić information content (AvgIpc) is 3.24. The Morgan fingerprint density at radius 1 is 1.28 bits per heavy atom. The van der Waals surface area contributed by atoms with Gasteiger partial charge in [0.05, 0.1) is 10.2 Å². The first-order valence-corrected chi connectivity index (χ1v) is 12.3. The van der Waals surface area contributed by atoms with Crippen molar-refractivity contribution >= 4 is 44.7 Å². The second-order valence-electron chi connectivity index (χ2n) is 6.66. The van der Waals surface area contributed by atoms with E-state index in [4.69, 9.17) is 0 Å². The van der Waals surface area contributed by atoms with Crippen LogP contribution in [-0.4, -0.2) is 48.5 Å². The number of nitrogens with one attached hydrogen (secondary N) is 1. The van der Waals surface area contributed by atoms with Crippen LogP contribution >= 0.6 is 23.1 Å². The van der Waals surface area contributed by atoms with E-state index in [1.54, 1.807) is 41.5 Å². The molecule has 0 saturated carbocycles. The van der Waals surface area contributed by atoms with Crippen LogP contribution in [0.2, 0.25) is 0 Å². The van der Waals surface area contributed by atoms with Crippen LogP contribution in [0.15, 0.2) is 50.9 Å². The van der Waals surface area contributed by atoms with Gasteiger partial charge in [-0.05, 0) is 43.3 Å². The fraction of sp³-hybridized carbons (Fsp3) is 0.389. The second-order valence-corrected chi connectivity index (χ2v) is 11.0. The van der Waals surface area contributed by atoms with E-state index in [9.17, 15) is 23.3 Å². The van der Waals surface area contributed by atoms with Crippen LogP contribution in [0.5, 0.6) is 0 Å². The summed E-state index contributed by atoms with van der Waals surface area (Å²) in [5, 5.41) is 12.1. The lowest BCUT2D eigenvalue weighted by molar-refractivity contribution is -0.384. The molecule has 2 aromatic rings. The van der Waals surface area contributed by atoms with Crippen LogP contribution < -0.4 is 4.72 Å². The molecule has 0 spiro atoms. The Morgan fingerprint density at radius 2 is 1.93 bits per heavy atom. The number of thiophene rings is 1. The number of nitrogens with zero attached hydrogens (tertiary/aromatic N) is 2. The summed E-state index contributed by atoms with van der Waals surface area (Å²) in [5.41, 5.74) is 0.0143. The number of sulfonamides is 1. The summed E-state index contributed by atoms with van der Waals surface area (Å²) >= 11 is 2.53. The van der Waals surface area contributed by atoms with Crippen LogP contribution in [-0.2, 0) is 14.8 Å². The zero-order chi connectivity index (χ0) is 21.0. The summed E-state index contributed by atoms with van der Waals surface area (Å²) < 4.78 is 27.7. The van der Waals surface area contributed by atoms with Gasteiger partial charge in [-0.15, -0.1) is 23.1 Å². The SMILES string of the molecule is CC(Sc1ccc([N+](=O)[O-])cc1)C(=O)N1CCC(NS(=O)(=O)c2cccs2)CC1. The molecule has 11 heteroatoms. The van der Waals surface area contributed by atoms with Crippen molar-refractivity contribution in [2.45, 2.75) is 40.2 Å². The molecule has 1 atom stereocenters. The molecule has 156 valence electrons.